The molecule has 2 rings (SSSR count). The molecule has 0 fully saturated rings. The lowest BCUT2D eigenvalue weighted by molar-refractivity contribution is -0.140. The largest absolute Gasteiger partial charge is 0.494 e. The van der Waals surface area contributed by atoms with Crippen molar-refractivity contribution in [2.75, 3.05) is 14.2 Å². The number of aromatic nitrogens is 1. The molecule has 0 aliphatic carbocycles. The highest BCUT2D eigenvalue weighted by molar-refractivity contribution is 5.90. The van der Waals surface area contributed by atoms with Crippen LogP contribution in [0.5, 0.6) is 5.75 Å². The number of hydrogen-bond donors (Lipinski definition) is 0. The molecule has 0 aliphatic rings. The summed E-state index contributed by atoms with van der Waals surface area (Å²) in [4.78, 5) is 15.9. The Bertz CT molecular complexity index is 650. The van der Waals surface area contributed by atoms with Crippen molar-refractivity contribution in [3.05, 3.63) is 35.0 Å². The highest BCUT2D eigenvalue weighted by Gasteiger charge is 2.12. The van der Waals surface area contributed by atoms with Gasteiger partial charge in [0.05, 0.1) is 14.2 Å². The molecule has 0 N–H and O–H groups in total. The molecule has 0 spiro atoms. The molecule has 2 aromatic rings. The van der Waals surface area contributed by atoms with Crippen LogP contribution in [-0.2, 0) is 16.0 Å². The summed E-state index contributed by atoms with van der Waals surface area (Å²) in [6.07, 6.45) is 1.00. The Kier molecular flexibility index (Phi) is 4.23. The number of esters is 1. The quantitative estimate of drug-likeness (QED) is 0.804. The summed E-state index contributed by atoms with van der Waals surface area (Å²) in [6, 6.07) is 5.94. The van der Waals surface area contributed by atoms with Gasteiger partial charge in [0.1, 0.15) is 11.3 Å². The molecule has 1 heterocycles. The van der Waals surface area contributed by atoms with Gasteiger partial charge in [-0.1, -0.05) is 6.07 Å². The van der Waals surface area contributed by atoms with E-state index in [0.717, 1.165) is 33.5 Å². The predicted molar refractivity (Wildman–Crippen MR) is 78.1 cm³/mol. The van der Waals surface area contributed by atoms with Gasteiger partial charge in [-0.15, -0.1) is 0 Å². The van der Waals surface area contributed by atoms with Crippen molar-refractivity contribution in [2.24, 2.45) is 0 Å². The number of fused-ring (bicyclic) bond motifs is 1. The molecule has 0 bridgehead atoms. The second kappa shape index (κ2) is 5.90. The number of hydrogen-bond acceptors (Lipinski definition) is 4. The number of carbonyl (C=O) groups is 1. The van der Waals surface area contributed by atoms with Gasteiger partial charge in [0.2, 0.25) is 0 Å². The van der Waals surface area contributed by atoms with Crippen LogP contribution in [0.3, 0.4) is 0 Å². The van der Waals surface area contributed by atoms with Gasteiger partial charge in [0, 0.05) is 17.5 Å². The second-order valence-corrected chi connectivity index (χ2v) is 4.81. The molecule has 0 amide bonds. The maximum atomic E-state index is 11.3. The summed E-state index contributed by atoms with van der Waals surface area (Å²) >= 11 is 0. The van der Waals surface area contributed by atoms with Gasteiger partial charge >= 0.3 is 5.97 Å². The van der Waals surface area contributed by atoms with Gasteiger partial charge < -0.3 is 9.47 Å². The molecule has 20 heavy (non-hydrogen) atoms. The zero-order valence-electron chi connectivity index (χ0n) is 12.3. The third-order valence-electron chi connectivity index (χ3n) is 3.38. The van der Waals surface area contributed by atoms with E-state index in [4.69, 9.17) is 9.47 Å². The molecule has 0 aliphatic heterocycles. The Morgan fingerprint density at radius 1 is 1.25 bits per heavy atom. The first-order valence-electron chi connectivity index (χ1n) is 6.57. The smallest absolute Gasteiger partial charge is 0.305 e. The van der Waals surface area contributed by atoms with Crippen molar-refractivity contribution in [3.8, 4) is 5.75 Å². The summed E-state index contributed by atoms with van der Waals surface area (Å²) in [5, 5.41) is 1.07. The van der Waals surface area contributed by atoms with E-state index in [0.29, 0.717) is 12.8 Å². The lowest BCUT2D eigenvalue weighted by Gasteiger charge is -2.12. The SMILES string of the molecule is COC(=O)CCc1ccc(OC)c2nc(C)cc(C)c12. The van der Waals surface area contributed by atoms with E-state index in [1.165, 1.54) is 7.11 Å². The number of ether oxygens (including phenoxy) is 2. The number of benzene rings is 1. The first-order chi connectivity index (χ1) is 9.56. The van der Waals surface area contributed by atoms with Gasteiger partial charge in [-0.2, -0.15) is 0 Å². The zero-order chi connectivity index (χ0) is 14.7. The summed E-state index contributed by atoms with van der Waals surface area (Å²) in [5.74, 6) is 0.556. The van der Waals surface area contributed by atoms with Gasteiger partial charge in [0.25, 0.3) is 0 Å². The van der Waals surface area contributed by atoms with Gasteiger partial charge in [-0.3, -0.25) is 4.79 Å². The van der Waals surface area contributed by atoms with Crippen molar-refractivity contribution >= 4 is 16.9 Å². The van der Waals surface area contributed by atoms with Crippen LogP contribution in [0, 0.1) is 13.8 Å². The number of pyridine rings is 1. The van der Waals surface area contributed by atoms with Crippen LogP contribution in [0.25, 0.3) is 10.9 Å². The van der Waals surface area contributed by atoms with Crippen molar-refractivity contribution in [1.82, 2.24) is 4.98 Å². The first-order valence-corrected chi connectivity index (χ1v) is 6.57. The van der Waals surface area contributed by atoms with E-state index in [1.54, 1.807) is 7.11 Å². The van der Waals surface area contributed by atoms with Crippen molar-refractivity contribution < 1.29 is 14.3 Å². The van der Waals surface area contributed by atoms with Crippen LogP contribution in [0.4, 0.5) is 0 Å². The third kappa shape index (κ3) is 2.74. The molecule has 0 saturated carbocycles. The molecule has 106 valence electrons. The number of carbonyl (C=O) groups excluding carboxylic acids is 1. The average molecular weight is 273 g/mol. The second-order valence-electron chi connectivity index (χ2n) is 4.81. The molecule has 0 radical (unpaired) electrons. The lowest BCUT2D eigenvalue weighted by atomic mass is 9.99. The topological polar surface area (TPSA) is 48.4 Å². The summed E-state index contributed by atoms with van der Waals surface area (Å²) in [7, 11) is 3.05. The van der Waals surface area contributed by atoms with Gasteiger partial charge in [0.15, 0.2) is 0 Å². The van der Waals surface area contributed by atoms with E-state index >= 15 is 0 Å². The summed E-state index contributed by atoms with van der Waals surface area (Å²) < 4.78 is 10.1. The summed E-state index contributed by atoms with van der Waals surface area (Å²) in [6.45, 7) is 4.02. The highest BCUT2D eigenvalue weighted by Crippen LogP contribution is 2.30. The van der Waals surface area contributed by atoms with Crippen LogP contribution in [0.15, 0.2) is 18.2 Å². The Hall–Kier alpha value is -2.10. The molecular weight excluding hydrogens is 254 g/mol. The van der Waals surface area contributed by atoms with Crippen molar-refractivity contribution in [2.45, 2.75) is 26.7 Å². The third-order valence-corrected chi connectivity index (χ3v) is 3.38. The van der Waals surface area contributed by atoms with Crippen LogP contribution < -0.4 is 4.74 Å². The Balaban J connectivity index is 2.53. The van der Waals surface area contributed by atoms with Crippen LogP contribution >= 0.6 is 0 Å². The van der Waals surface area contributed by atoms with Crippen LogP contribution in [0.1, 0.15) is 23.2 Å². The van der Waals surface area contributed by atoms with Gasteiger partial charge in [-0.05, 0) is 43.5 Å². The minimum Gasteiger partial charge on any atom is -0.494 e. The molecule has 4 heteroatoms. The number of nitrogens with zero attached hydrogens (tertiary/aromatic N) is 1. The predicted octanol–water partition coefficient (Wildman–Crippen LogP) is 2.97. The van der Waals surface area contributed by atoms with E-state index in [2.05, 4.69) is 11.9 Å². The fourth-order valence-electron chi connectivity index (χ4n) is 2.47. The molecule has 4 nitrogen and oxygen atoms in total. The summed E-state index contributed by atoms with van der Waals surface area (Å²) in [5.41, 5.74) is 4.05. The van der Waals surface area contributed by atoms with E-state index in [-0.39, 0.29) is 5.97 Å². The molecule has 0 atom stereocenters. The maximum Gasteiger partial charge on any atom is 0.305 e. The molecule has 1 aromatic carbocycles. The number of rotatable bonds is 4. The van der Waals surface area contributed by atoms with Crippen molar-refractivity contribution in [3.63, 3.8) is 0 Å². The highest BCUT2D eigenvalue weighted by atomic mass is 16.5. The number of methoxy groups -OCH3 is 2. The van der Waals surface area contributed by atoms with E-state index < -0.39 is 0 Å². The maximum absolute atomic E-state index is 11.3. The van der Waals surface area contributed by atoms with Crippen molar-refractivity contribution in [1.29, 1.82) is 0 Å². The van der Waals surface area contributed by atoms with Gasteiger partial charge in [-0.25, -0.2) is 4.98 Å². The first kappa shape index (κ1) is 14.3. The molecule has 0 saturated heterocycles. The molecule has 1 aromatic heterocycles. The fourth-order valence-corrected chi connectivity index (χ4v) is 2.47. The van der Waals surface area contributed by atoms with Crippen LogP contribution in [-0.4, -0.2) is 25.2 Å². The van der Waals surface area contributed by atoms with E-state index in [9.17, 15) is 4.79 Å². The number of aryl methyl sites for hydroxylation is 3. The van der Waals surface area contributed by atoms with E-state index in [1.807, 2.05) is 25.1 Å². The minimum absolute atomic E-state index is 0.202. The lowest BCUT2D eigenvalue weighted by Crippen LogP contribution is -2.03. The van der Waals surface area contributed by atoms with Crippen LogP contribution in [0.2, 0.25) is 0 Å². The molecule has 0 unspecified atom stereocenters. The molecular formula is C16H19NO3. The Morgan fingerprint density at radius 2 is 2.00 bits per heavy atom. The fraction of sp³-hybridized carbons (Fsp3) is 0.375. The Labute approximate surface area is 118 Å². The minimum atomic E-state index is -0.202. The zero-order valence-corrected chi connectivity index (χ0v) is 12.3. The Morgan fingerprint density at radius 3 is 2.65 bits per heavy atom. The standard InChI is InChI=1S/C16H19NO3/c1-10-9-11(2)17-16-13(19-3)7-5-12(15(10)16)6-8-14(18)20-4/h5,7,9H,6,8H2,1-4H3. The monoisotopic (exact) mass is 273 g/mol. The normalized spacial score (nSPS) is 10.6. The average Bonchev–Trinajstić information content (AvgIpc) is 2.43.